The molecule has 1 fully saturated rings. The molecule has 3 N–H and O–H groups in total. The smallest absolute Gasteiger partial charge is 0.244 e. The Morgan fingerprint density at radius 3 is 2.74 bits per heavy atom. The fourth-order valence-electron chi connectivity index (χ4n) is 1.65. The molecule has 98 valence electrons. The van der Waals surface area contributed by atoms with Gasteiger partial charge in [-0.25, -0.2) is 5.43 Å². The number of rotatable bonds is 3. The van der Waals surface area contributed by atoms with Gasteiger partial charge in [0.1, 0.15) is 12.2 Å². The molecule has 1 saturated heterocycles. The first-order valence-corrected chi connectivity index (χ1v) is 5.82. The van der Waals surface area contributed by atoms with Gasteiger partial charge < -0.3 is 10.5 Å². The van der Waals surface area contributed by atoms with Crippen LogP contribution >= 0.6 is 11.6 Å². The van der Waals surface area contributed by atoms with E-state index in [-0.39, 0.29) is 11.7 Å². The second kappa shape index (κ2) is 4.88. The van der Waals surface area contributed by atoms with Gasteiger partial charge in [0, 0.05) is 11.9 Å². The largest absolute Gasteiger partial charge is 0.382 e. The molecule has 0 bridgehead atoms. The zero-order valence-electron chi connectivity index (χ0n) is 10.1. The number of nitrogens with zero attached hydrogens (tertiary/aromatic N) is 2. The van der Waals surface area contributed by atoms with E-state index in [1.54, 1.807) is 24.3 Å². The van der Waals surface area contributed by atoms with Gasteiger partial charge in [-0.1, -0.05) is 23.7 Å². The number of ether oxygens (including phenoxy) is 1. The molecule has 1 aromatic rings. The molecule has 6 nitrogen and oxygen atoms in total. The number of carbonyl (C=O) groups excluding carboxylic acids is 1. The van der Waals surface area contributed by atoms with Crippen LogP contribution in [0.3, 0.4) is 0 Å². The third-order valence-corrected chi connectivity index (χ3v) is 2.92. The van der Waals surface area contributed by atoms with Gasteiger partial charge in [-0.3, -0.25) is 4.79 Å². The number of carbonyl (C=O) groups is 1. The molecule has 0 aromatic heterocycles. The Labute approximate surface area is 114 Å². The summed E-state index contributed by atoms with van der Waals surface area (Å²) in [5.41, 5.74) is 7.32. The van der Waals surface area contributed by atoms with Crippen LogP contribution in [-0.2, 0) is 9.53 Å². The molecule has 0 saturated carbocycles. The van der Waals surface area contributed by atoms with Gasteiger partial charge in [0.05, 0.1) is 0 Å². The van der Waals surface area contributed by atoms with Gasteiger partial charge in [-0.05, 0) is 17.7 Å². The summed E-state index contributed by atoms with van der Waals surface area (Å²) >= 11 is 5.79. The Balaban J connectivity index is 2.20. The molecule has 1 aliphatic heterocycles. The van der Waals surface area contributed by atoms with Crippen LogP contribution in [0.4, 0.5) is 0 Å². The van der Waals surface area contributed by atoms with E-state index in [1.165, 1.54) is 6.92 Å². The van der Waals surface area contributed by atoms with Gasteiger partial charge in [0.15, 0.2) is 5.84 Å². The predicted molar refractivity (Wildman–Crippen MR) is 69.1 cm³/mol. The molecule has 1 amide bonds. The summed E-state index contributed by atoms with van der Waals surface area (Å²) in [5.74, 6) is -0.454. The van der Waals surface area contributed by atoms with Crippen molar-refractivity contribution in [3.63, 3.8) is 0 Å². The maximum absolute atomic E-state index is 10.8. The molecule has 0 radical (unpaired) electrons. The molecular weight excluding hydrogens is 268 g/mol. The molecule has 1 aliphatic rings. The summed E-state index contributed by atoms with van der Waals surface area (Å²) in [6, 6.07) is 8.86. The van der Waals surface area contributed by atoms with Gasteiger partial charge in [-0.15, -0.1) is 0 Å². The highest BCUT2D eigenvalue weighted by Gasteiger charge is 2.62. The number of hydrazone groups is 1. The highest BCUT2D eigenvalue weighted by molar-refractivity contribution is 6.30. The van der Waals surface area contributed by atoms with Crippen LogP contribution in [0.25, 0.3) is 0 Å². The van der Waals surface area contributed by atoms with Crippen molar-refractivity contribution >= 4 is 23.3 Å². The monoisotopic (exact) mass is 278 g/mol. The lowest BCUT2D eigenvalue weighted by atomic mass is 10.00. The van der Waals surface area contributed by atoms with E-state index in [9.17, 15) is 10.1 Å². The van der Waals surface area contributed by atoms with Crippen molar-refractivity contribution in [2.45, 2.75) is 18.6 Å². The van der Waals surface area contributed by atoms with Crippen molar-refractivity contribution in [2.24, 2.45) is 10.8 Å². The highest BCUT2D eigenvalue weighted by Crippen LogP contribution is 2.49. The zero-order valence-corrected chi connectivity index (χ0v) is 10.8. The van der Waals surface area contributed by atoms with Crippen LogP contribution in [0.1, 0.15) is 18.6 Å². The normalized spacial score (nSPS) is 25.5. The third-order valence-electron chi connectivity index (χ3n) is 2.67. The first-order valence-electron chi connectivity index (χ1n) is 5.44. The van der Waals surface area contributed by atoms with Gasteiger partial charge in [0.2, 0.25) is 11.5 Å². The summed E-state index contributed by atoms with van der Waals surface area (Å²) in [7, 11) is 0. The lowest BCUT2D eigenvalue weighted by molar-refractivity contribution is -0.118. The second-order valence-electron chi connectivity index (χ2n) is 4.06. The maximum atomic E-state index is 10.8. The van der Waals surface area contributed by atoms with Crippen molar-refractivity contribution in [2.75, 3.05) is 0 Å². The van der Waals surface area contributed by atoms with Crippen molar-refractivity contribution in [1.82, 2.24) is 5.43 Å². The Morgan fingerprint density at radius 1 is 1.58 bits per heavy atom. The van der Waals surface area contributed by atoms with Crippen LogP contribution in [0.2, 0.25) is 5.02 Å². The molecule has 7 heteroatoms. The van der Waals surface area contributed by atoms with E-state index in [0.717, 1.165) is 5.56 Å². The second-order valence-corrected chi connectivity index (χ2v) is 4.50. The van der Waals surface area contributed by atoms with E-state index in [0.29, 0.717) is 5.02 Å². The number of hydrogen-bond donors (Lipinski definition) is 2. The topological polar surface area (TPSA) is 104 Å². The lowest BCUT2D eigenvalue weighted by Crippen LogP contribution is -2.34. The number of nitriles is 1. The Kier molecular flexibility index (Phi) is 3.42. The van der Waals surface area contributed by atoms with Gasteiger partial charge in [0.25, 0.3) is 0 Å². The van der Waals surface area contributed by atoms with Gasteiger partial charge >= 0.3 is 0 Å². The summed E-state index contributed by atoms with van der Waals surface area (Å²) in [4.78, 5) is 10.8. The van der Waals surface area contributed by atoms with Crippen LogP contribution in [0.15, 0.2) is 29.4 Å². The number of amides is 1. The third kappa shape index (κ3) is 2.52. The van der Waals surface area contributed by atoms with Crippen LogP contribution in [0.5, 0.6) is 0 Å². The van der Waals surface area contributed by atoms with Crippen molar-refractivity contribution in [3.05, 3.63) is 34.9 Å². The Bertz CT molecular complexity index is 578. The Morgan fingerprint density at radius 2 is 2.21 bits per heavy atom. The number of epoxide rings is 1. The minimum Gasteiger partial charge on any atom is -0.382 e. The Hall–Kier alpha value is -2.10. The molecule has 0 aliphatic carbocycles. The van der Waals surface area contributed by atoms with E-state index in [4.69, 9.17) is 22.1 Å². The number of nitrogens with two attached hydrogens (primary N) is 1. The molecule has 19 heavy (non-hydrogen) atoms. The SMILES string of the molecule is CC(=O)N/N=C(\N)[C@@]1(C#N)O[C@@H]1c1ccc(Cl)cc1. The summed E-state index contributed by atoms with van der Waals surface area (Å²) in [5, 5.41) is 13.4. The average molecular weight is 279 g/mol. The minimum atomic E-state index is -1.32. The van der Waals surface area contributed by atoms with Gasteiger partial charge in [-0.2, -0.15) is 10.4 Å². The number of nitrogens with one attached hydrogen (secondary N) is 1. The highest BCUT2D eigenvalue weighted by atomic mass is 35.5. The quantitative estimate of drug-likeness (QED) is 0.374. The first-order chi connectivity index (χ1) is 8.99. The van der Waals surface area contributed by atoms with Crippen molar-refractivity contribution in [1.29, 1.82) is 5.26 Å². The molecule has 1 heterocycles. The maximum Gasteiger partial charge on any atom is 0.244 e. The van der Waals surface area contributed by atoms with Crippen molar-refractivity contribution < 1.29 is 9.53 Å². The molecule has 2 rings (SSSR count). The molecule has 0 spiro atoms. The predicted octanol–water partition coefficient (Wildman–Crippen LogP) is 1.08. The summed E-state index contributed by atoms with van der Waals surface area (Å²) in [6.07, 6.45) is -0.507. The average Bonchev–Trinajstić information content (AvgIpc) is 3.13. The molecule has 1 aromatic carbocycles. The van der Waals surface area contributed by atoms with E-state index < -0.39 is 11.7 Å². The fraction of sp³-hybridized carbons (Fsp3) is 0.250. The number of halogens is 1. The van der Waals surface area contributed by atoms with Crippen LogP contribution < -0.4 is 11.2 Å². The number of hydrogen-bond acceptors (Lipinski definition) is 4. The lowest BCUT2D eigenvalue weighted by Gasteiger charge is -2.03. The molecule has 2 atom stereocenters. The summed E-state index contributed by atoms with van der Waals surface area (Å²) in [6.45, 7) is 1.29. The van der Waals surface area contributed by atoms with E-state index in [2.05, 4.69) is 10.5 Å². The standard InChI is InChI=1S/C12H11ClN4O2/c1-7(18)16-17-11(15)12(6-14)10(19-12)8-2-4-9(13)5-3-8/h2-5,10H,1H3,(H2,15,17)(H,16,18)/t10-,12+/m1/s1. The van der Waals surface area contributed by atoms with Crippen molar-refractivity contribution in [3.8, 4) is 6.07 Å². The minimum absolute atomic E-state index is 0.0786. The first kappa shape index (κ1) is 13.3. The fourth-order valence-corrected chi connectivity index (χ4v) is 1.78. The van der Waals surface area contributed by atoms with Crippen LogP contribution in [0, 0.1) is 11.3 Å². The van der Waals surface area contributed by atoms with E-state index >= 15 is 0 Å². The number of amidine groups is 1. The summed E-state index contributed by atoms with van der Waals surface area (Å²) < 4.78 is 5.36. The van der Waals surface area contributed by atoms with Crippen LogP contribution in [-0.4, -0.2) is 17.3 Å². The molecular formula is C12H11ClN4O2. The number of benzene rings is 1. The molecule has 0 unspecified atom stereocenters. The zero-order chi connectivity index (χ0) is 14.0. The van der Waals surface area contributed by atoms with E-state index in [1.807, 2.05) is 6.07 Å².